The summed E-state index contributed by atoms with van der Waals surface area (Å²) in [6.45, 7) is -0.304. The van der Waals surface area contributed by atoms with Crippen LogP contribution in [-0.4, -0.2) is 34.1 Å². The Bertz CT molecular complexity index is 747. The van der Waals surface area contributed by atoms with Gasteiger partial charge in [-0.3, -0.25) is 29.4 Å². The van der Waals surface area contributed by atoms with Crippen molar-refractivity contribution in [3.8, 4) is 0 Å². The van der Waals surface area contributed by atoms with Crippen LogP contribution in [-0.2, 0) is 14.4 Å². The summed E-state index contributed by atoms with van der Waals surface area (Å²) in [7, 11) is 0. The van der Waals surface area contributed by atoms with E-state index in [0.717, 1.165) is 24.2 Å². The number of rotatable bonds is 4. The number of nitro benzene ring substituents is 1. The summed E-state index contributed by atoms with van der Waals surface area (Å²) in [6, 6.07) is 5.39. The van der Waals surface area contributed by atoms with Gasteiger partial charge in [0.2, 0.25) is 17.7 Å². The highest BCUT2D eigenvalue weighted by Gasteiger charge is 2.60. The SMILES string of the molecule is O=C(CN1C(=O)[C@@H]2[C@H]3CC[C@@H](C3)[C@H]2C1=O)Nc1ccc([N+](=O)[O-])cc1. The molecule has 1 saturated heterocycles. The average Bonchev–Trinajstić information content (AvgIpc) is 3.25. The van der Waals surface area contributed by atoms with E-state index in [1.165, 1.54) is 24.3 Å². The van der Waals surface area contributed by atoms with Crippen LogP contribution in [0.4, 0.5) is 11.4 Å². The maximum atomic E-state index is 12.5. The minimum absolute atomic E-state index is 0.0776. The van der Waals surface area contributed by atoms with Gasteiger partial charge in [-0.2, -0.15) is 0 Å². The molecule has 8 nitrogen and oxygen atoms in total. The average molecular weight is 343 g/mol. The van der Waals surface area contributed by atoms with E-state index in [4.69, 9.17) is 0 Å². The van der Waals surface area contributed by atoms with Gasteiger partial charge in [-0.05, 0) is 43.2 Å². The predicted octanol–water partition coefficient (Wildman–Crippen LogP) is 1.56. The highest BCUT2D eigenvalue weighted by molar-refractivity contribution is 6.09. The molecule has 3 aliphatic rings. The first-order valence-corrected chi connectivity index (χ1v) is 8.35. The second-order valence-electron chi connectivity index (χ2n) is 7.00. The van der Waals surface area contributed by atoms with Crippen molar-refractivity contribution in [2.75, 3.05) is 11.9 Å². The predicted molar refractivity (Wildman–Crippen MR) is 86.3 cm³/mol. The van der Waals surface area contributed by atoms with Crippen LogP contribution in [0, 0.1) is 33.8 Å². The van der Waals surface area contributed by atoms with Crippen molar-refractivity contribution < 1.29 is 19.3 Å². The summed E-state index contributed by atoms with van der Waals surface area (Å²) in [4.78, 5) is 48.5. The molecule has 0 spiro atoms. The molecule has 1 aromatic carbocycles. The van der Waals surface area contributed by atoms with Gasteiger partial charge in [-0.25, -0.2) is 0 Å². The molecule has 3 fully saturated rings. The fourth-order valence-corrected chi connectivity index (χ4v) is 4.64. The first-order valence-electron chi connectivity index (χ1n) is 8.35. The molecule has 8 heteroatoms. The lowest BCUT2D eigenvalue weighted by molar-refractivity contribution is -0.384. The fourth-order valence-electron chi connectivity index (χ4n) is 4.64. The molecular formula is C17H17N3O5. The smallest absolute Gasteiger partial charge is 0.269 e. The molecule has 0 radical (unpaired) electrons. The van der Waals surface area contributed by atoms with Gasteiger partial charge in [0, 0.05) is 17.8 Å². The number of nitrogens with zero attached hydrogens (tertiary/aromatic N) is 2. The summed E-state index contributed by atoms with van der Waals surface area (Å²) >= 11 is 0. The summed E-state index contributed by atoms with van der Waals surface area (Å²) in [5.74, 6) is -0.829. The van der Waals surface area contributed by atoms with E-state index < -0.39 is 10.8 Å². The van der Waals surface area contributed by atoms with Gasteiger partial charge >= 0.3 is 0 Å². The molecule has 1 aliphatic heterocycles. The molecule has 25 heavy (non-hydrogen) atoms. The van der Waals surface area contributed by atoms with Gasteiger partial charge in [0.25, 0.3) is 5.69 Å². The van der Waals surface area contributed by atoms with Crippen molar-refractivity contribution >= 4 is 29.1 Å². The number of amides is 3. The lowest BCUT2D eigenvalue weighted by atomic mass is 9.81. The third-order valence-electron chi connectivity index (χ3n) is 5.68. The van der Waals surface area contributed by atoms with Crippen LogP contribution in [0.15, 0.2) is 24.3 Å². The van der Waals surface area contributed by atoms with E-state index in [-0.39, 0.29) is 47.7 Å². The quantitative estimate of drug-likeness (QED) is 0.507. The Kier molecular flexibility index (Phi) is 3.55. The minimum atomic E-state index is -0.528. The zero-order valence-electron chi connectivity index (χ0n) is 13.4. The van der Waals surface area contributed by atoms with Crippen molar-refractivity contribution in [1.29, 1.82) is 0 Å². The van der Waals surface area contributed by atoms with Gasteiger partial charge in [0.05, 0.1) is 16.8 Å². The number of carbonyl (C=O) groups is 3. The van der Waals surface area contributed by atoms with E-state index >= 15 is 0 Å². The van der Waals surface area contributed by atoms with Crippen LogP contribution in [0.2, 0.25) is 0 Å². The van der Waals surface area contributed by atoms with Gasteiger partial charge in [-0.1, -0.05) is 0 Å². The van der Waals surface area contributed by atoms with E-state index in [0.29, 0.717) is 5.69 Å². The van der Waals surface area contributed by atoms with Crippen LogP contribution < -0.4 is 5.32 Å². The molecule has 4 atom stereocenters. The summed E-state index contributed by atoms with van der Waals surface area (Å²) in [5.41, 5.74) is 0.307. The van der Waals surface area contributed by atoms with Gasteiger partial charge in [0.1, 0.15) is 6.54 Å². The molecule has 130 valence electrons. The number of nitro groups is 1. The van der Waals surface area contributed by atoms with E-state index in [2.05, 4.69) is 5.32 Å². The maximum Gasteiger partial charge on any atom is 0.269 e. The number of fused-ring (bicyclic) bond motifs is 5. The second-order valence-corrected chi connectivity index (χ2v) is 7.00. The van der Waals surface area contributed by atoms with Crippen molar-refractivity contribution in [3.63, 3.8) is 0 Å². The monoisotopic (exact) mass is 343 g/mol. The summed E-state index contributed by atoms with van der Waals surface area (Å²) in [5, 5.41) is 13.2. The lowest BCUT2D eigenvalue weighted by Gasteiger charge is -2.19. The number of anilines is 1. The standard InChI is InChI=1S/C17H17N3O5/c21-13(18-11-3-5-12(6-4-11)20(24)25)8-19-16(22)14-9-1-2-10(7-9)15(14)17(19)23/h3-6,9-10,14-15H,1-2,7-8H2,(H,18,21)/t9-,10-,14+,15+/m0/s1. The molecule has 0 aromatic heterocycles. The summed E-state index contributed by atoms with van der Waals surface area (Å²) < 4.78 is 0. The Morgan fingerprint density at radius 2 is 1.68 bits per heavy atom. The molecule has 2 aliphatic carbocycles. The van der Waals surface area contributed by atoms with Crippen molar-refractivity contribution in [2.45, 2.75) is 19.3 Å². The Hall–Kier alpha value is -2.77. The van der Waals surface area contributed by atoms with Gasteiger partial charge in [-0.15, -0.1) is 0 Å². The highest BCUT2D eigenvalue weighted by Crippen LogP contribution is 2.56. The number of hydrogen-bond acceptors (Lipinski definition) is 5. The highest BCUT2D eigenvalue weighted by atomic mass is 16.6. The van der Waals surface area contributed by atoms with Gasteiger partial charge in [0.15, 0.2) is 0 Å². The molecule has 2 bridgehead atoms. The third-order valence-corrected chi connectivity index (χ3v) is 5.68. The first-order chi connectivity index (χ1) is 12.0. The van der Waals surface area contributed by atoms with E-state index in [1.54, 1.807) is 0 Å². The molecular weight excluding hydrogens is 326 g/mol. The third kappa shape index (κ3) is 2.48. The number of nitrogens with one attached hydrogen (secondary N) is 1. The van der Waals surface area contributed by atoms with Crippen molar-refractivity contribution in [3.05, 3.63) is 34.4 Å². The fraction of sp³-hybridized carbons (Fsp3) is 0.471. The normalized spacial score (nSPS) is 29.8. The molecule has 1 aromatic rings. The van der Waals surface area contributed by atoms with Crippen LogP contribution in [0.1, 0.15) is 19.3 Å². The largest absolute Gasteiger partial charge is 0.325 e. The Labute approximate surface area is 143 Å². The lowest BCUT2D eigenvalue weighted by Crippen LogP contribution is -2.39. The van der Waals surface area contributed by atoms with E-state index in [1.807, 2.05) is 0 Å². The number of non-ortho nitro benzene ring substituents is 1. The topological polar surface area (TPSA) is 110 Å². The Morgan fingerprint density at radius 1 is 1.12 bits per heavy atom. The molecule has 3 amide bonds. The molecule has 1 heterocycles. The van der Waals surface area contributed by atoms with Crippen molar-refractivity contribution in [1.82, 2.24) is 4.90 Å². The number of carbonyl (C=O) groups excluding carboxylic acids is 3. The second kappa shape index (κ2) is 5.65. The minimum Gasteiger partial charge on any atom is -0.325 e. The number of imide groups is 1. The number of likely N-dealkylation sites (tertiary alicyclic amines) is 1. The summed E-state index contributed by atoms with van der Waals surface area (Å²) in [6.07, 6.45) is 2.94. The van der Waals surface area contributed by atoms with Crippen LogP contribution in [0.5, 0.6) is 0 Å². The van der Waals surface area contributed by atoms with Crippen LogP contribution in [0.3, 0.4) is 0 Å². The number of hydrogen-bond donors (Lipinski definition) is 1. The Balaban J connectivity index is 1.42. The van der Waals surface area contributed by atoms with Gasteiger partial charge < -0.3 is 5.32 Å². The first kappa shape index (κ1) is 15.7. The van der Waals surface area contributed by atoms with E-state index in [9.17, 15) is 24.5 Å². The zero-order valence-corrected chi connectivity index (χ0v) is 13.4. The molecule has 0 unspecified atom stereocenters. The Morgan fingerprint density at radius 3 is 2.20 bits per heavy atom. The maximum absolute atomic E-state index is 12.5. The van der Waals surface area contributed by atoms with Crippen LogP contribution in [0.25, 0.3) is 0 Å². The molecule has 4 rings (SSSR count). The molecule has 2 saturated carbocycles. The zero-order chi connectivity index (χ0) is 17.7. The molecule has 1 N–H and O–H groups in total. The van der Waals surface area contributed by atoms with Crippen molar-refractivity contribution in [2.24, 2.45) is 23.7 Å². The van der Waals surface area contributed by atoms with Crippen LogP contribution >= 0.6 is 0 Å². The number of benzene rings is 1.